The first-order valence-corrected chi connectivity index (χ1v) is 4.73. The molecule has 1 unspecified atom stereocenters. The fourth-order valence-electron chi connectivity index (χ4n) is 1.27. The van der Waals surface area contributed by atoms with E-state index in [9.17, 15) is 4.39 Å². The van der Waals surface area contributed by atoms with Crippen molar-refractivity contribution in [3.8, 4) is 0 Å². The van der Waals surface area contributed by atoms with Gasteiger partial charge in [0.2, 0.25) is 0 Å². The van der Waals surface area contributed by atoms with Gasteiger partial charge in [-0.1, -0.05) is 24.9 Å². The molecule has 0 aliphatic rings. The lowest BCUT2D eigenvalue weighted by atomic mass is 10.0. The SMILES string of the molecule is CCCC(N)c1cc(F)ccc1Cl. The highest BCUT2D eigenvalue weighted by atomic mass is 35.5. The van der Waals surface area contributed by atoms with Crippen LogP contribution in [0, 0.1) is 5.82 Å². The van der Waals surface area contributed by atoms with Gasteiger partial charge in [0.1, 0.15) is 5.82 Å². The van der Waals surface area contributed by atoms with Crippen molar-refractivity contribution in [1.82, 2.24) is 0 Å². The predicted octanol–water partition coefficient (Wildman–Crippen LogP) is 3.28. The zero-order chi connectivity index (χ0) is 9.84. The largest absolute Gasteiger partial charge is 0.324 e. The summed E-state index contributed by atoms with van der Waals surface area (Å²) in [5.41, 5.74) is 6.52. The first kappa shape index (κ1) is 10.5. The lowest BCUT2D eigenvalue weighted by molar-refractivity contribution is 0.605. The van der Waals surface area contributed by atoms with Crippen LogP contribution in [0.3, 0.4) is 0 Å². The van der Waals surface area contributed by atoms with Gasteiger partial charge in [-0.3, -0.25) is 0 Å². The molecule has 1 rings (SSSR count). The average Bonchev–Trinajstić information content (AvgIpc) is 2.09. The quantitative estimate of drug-likeness (QED) is 0.798. The topological polar surface area (TPSA) is 26.0 Å². The Bertz CT molecular complexity index is 288. The Labute approximate surface area is 82.7 Å². The van der Waals surface area contributed by atoms with Crippen molar-refractivity contribution in [2.75, 3.05) is 0 Å². The van der Waals surface area contributed by atoms with Crippen molar-refractivity contribution in [3.63, 3.8) is 0 Å². The summed E-state index contributed by atoms with van der Waals surface area (Å²) in [6, 6.07) is 4.13. The Balaban J connectivity index is 2.91. The summed E-state index contributed by atoms with van der Waals surface area (Å²) in [7, 11) is 0. The van der Waals surface area contributed by atoms with E-state index < -0.39 is 0 Å². The summed E-state index contributed by atoms with van der Waals surface area (Å²) in [6.07, 6.45) is 1.79. The zero-order valence-corrected chi connectivity index (χ0v) is 8.31. The van der Waals surface area contributed by atoms with Crippen LogP contribution in [0.2, 0.25) is 5.02 Å². The third-order valence-electron chi connectivity index (χ3n) is 1.96. The molecule has 0 fully saturated rings. The minimum absolute atomic E-state index is 0.159. The van der Waals surface area contributed by atoms with Gasteiger partial charge in [-0.15, -0.1) is 0 Å². The fourth-order valence-corrected chi connectivity index (χ4v) is 1.52. The van der Waals surface area contributed by atoms with Gasteiger partial charge in [0, 0.05) is 11.1 Å². The average molecular weight is 202 g/mol. The van der Waals surface area contributed by atoms with Crippen molar-refractivity contribution in [1.29, 1.82) is 0 Å². The fraction of sp³-hybridized carbons (Fsp3) is 0.400. The number of benzene rings is 1. The third-order valence-corrected chi connectivity index (χ3v) is 2.30. The molecule has 1 aromatic carbocycles. The molecular weight excluding hydrogens is 189 g/mol. The van der Waals surface area contributed by atoms with Crippen LogP contribution in [0.15, 0.2) is 18.2 Å². The summed E-state index contributed by atoms with van der Waals surface area (Å²) in [4.78, 5) is 0. The smallest absolute Gasteiger partial charge is 0.123 e. The van der Waals surface area contributed by atoms with E-state index in [0.29, 0.717) is 10.6 Å². The lowest BCUT2D eigenvalue weighted by Gasteiger charge is -2.12. The van der Waals surface area contributed by atoms with Gasteiger partial charge < -0.3 is 5.73 Å². The third kappa shape index (κ3) is 2.68. The van der Waals surface area contributed by atoms with Gasteiger partial charge >= 0.3 is 0 Å². The summed E-state index contributed by atoms with van der Waals surface area (Å²) < 4.78 is 12.8. The first-order valence-electron chi connectivity index (χ1n) is 4.35. The number of nitrogens with two attached hydrogens (primary N) is 1. The Morgan fingerprint density at radius 1 is 1.54 bits per heavy atom. The van der Waals surface area contributed by atoms with Gasteiger partial charge in [0.05, 0.1) is 0 Å². The van der Waals surface area contributed by atoms with Crippen LogP contribution < -0.4 is 5.73 Å². The van der Waals surface area contributed by atoms with E-state index in [4.69, 9.17) is 17.3 Å². The molecule has 0 aliphatic carbocycles. The van der Waals surface area contributed by atoms with Crippen molar-refractivity contribution in [2.24, 2.45) is 5.73 Å². The molecule has 0 saturated carbocycles. The maximum absolute atomic E-state index is 12.8. The van der Waals surface area contributed by atoms with E-state index in [1.807, 2.05) is 6.92 Å². The molecule has 1 aromatic rings. The molecule has 0 aromatic heterocycles. The van der Waals surface area contributed by atoms with Gasteiger partial charge in [-0.05, 0) is 30.2 Å². The Kier molecular flexibility index (Phi) is 3.70. The number of hydrogen-bond donors (Lipinski definition) is 1. The molecule has 0 heterocycles. The second-order valence-electron chi connectivity index (χ2n) is 3.06. The van der Waals surface area contributed by atoms with E-state index >= 15 is 0 Å². The second-order valence-corrected chi connectivity index (χ2v) is 3.47. The van der Waals surface area contributed by atoms with Crippen molar-refractivity contribution < 1.29 is 4.39 Å². The maximum atomic E-state index is 12.8. The summed E-state index contributed by atoms with van der Waals surface area (Å²) in [5.74, 6) is -0.286. The Morgan fingerprint density at radius 3 is 2.85 bits per heavy atom. The summed E-state index contributed by atoms with van der Waals surface area (Å²) in [5, 5.41) is 0.544. The molecule has 13 heavy (non-hydrogen) atoms. The molecular formula is C10H13ClFN. The minimum atomic E-state index is -0.286. The molecule has 1 atom stereocenters. The molecule has 0 amide bonds. The highest BCUT2D eigenvalue weighted by Crippen LogP contribution is 2.24. The second kappa shape index (κ2) is 4.58. The van der Waals surface area contributed by atoms with Crippen LogP contribution in [-0.2, 0) is 0 Å². The van der Waals surface area contributed by atoms with E-state index in [0.717, 1.165) is 12.8 Å². The summed E-state index contributed by atoms with van der Waals surface area (Å²) in [6.45, 7) is 2.03. The van der Waals surface area contributed by atoms with Crippen molar-refractivity contribution in [2.45, 2.75) is 25.8 Å². The zero-order valence-electron chi connectivity index (χ0n) is 7.56. The summed E-state index contributed by atoms with van der Waals surface area (Å²) >= 11 is 5.88. The number of halogens is 2. The molecule has 1 nitrogen and oxygen atoms in total. The lowest BCUT2D eigenvalue weighted by Crippen LogP contribution is -2.10. The first-order chi connectivity index (χ1) is 6.15. The maximum Gasteiger partial charge on any atom is 0.123 e. The molecule has 3 heteroatoms. The molecule has 0 spiro atoms. The van der Waals surface area contributed by atoms with Gasteiger partial charge in [-0.2, -0.15) is 0 Å². The van der Waals surface area contributed by atoms with Crippen LogP contribution >= 0.6 is 11.6 Å². The Morgan fingerprint density at radius 2 is 2.23 bits per heavy atom. The van der Waals surface area contributed by atoms with Crippen LogP contribution in [-0.4, -0.2) is 0 Å². The van der Waals surface area contributed by atoms with E-state index in [1.165, 1.54) is 12.1 Å². The van der Waals surface area contributed by atoms with Gasteiger partial charge in [0.15, 0.2) is 0 Å². The molecule has 0 aliphatic heterocycles. The molecule has 72 valence electrons. The van der Waals surface area contributed by atoms with E-state index in [2.05, 4.69) is 0 Å². The van der Waals surface area contributed by atoms with Crippen LogP contribution in [0.25, 0.3) is 0 Å². The predicted molar refractivity (Wildman–Crippen MR) is 53.2 cm³/mol. The van der Waals surface area contributed by atoms with E-state index in [-0.39, 0.29) is 11.9 Å². The normalized spacial score (nSPS) is 12.9. The van der Waals surface area contributed by atoms with Crippen molar-refractivity contribution in [3.05, 3.63) is 34.6 Å². The molecule has 2 N–H and O–H groups in total. The Hall–Kier alpha value is -0.600. The minimum Gasteiger partial charge on any atom is -0.324 e. The highest BCUT2D eigenvalue weighted by Gasteiger charge is 2.09. The van der Waals surface area contributed by atoms with Crippen LogP contribution in [0.4, 0.5) is 4.39 Å². The van der Waals surface area contributed by atoms with Crippen molar-refractivity contribution >= 4 is 11.6 Å². The molecule has 0 radical (unpaired) electrons. The monoisotopic (exact) mass is 201 g/mol. The van der Waals surface area contributed by atoms with Crippen LogP contribution in [0.1, 0.15) is 31.4 Å². The van der Waals surface area contributed by atoms with Crippen LogP contribution in [0.5, 0.6) is 0 Å². The van der Waals surface area contributed by atoms with Gasteiger partial charge in [0.25, 0.3) is 0 Å². The highest BCUT2D eigenvalue weighted by molar-refractivity contribution is 6.31. The standard InChI is InChI=1S/C10H13ClFN/c1-2-3-10(13)8-6-7(12)4-5-9(8)11/h4-6,10H,2-3,13H2,1H3. The number of hydrogen-bond acceptors (Lipinski definition) is 1. The number of rotatable bonds is 3. The van der Waals surface area contributed by atoms with Gasteiger partial charge in [-0.25, -0.2) is 4.39 Å². The van der Waals surface area contributed by atoms with E-state index in [1.54, 1.807) is 6.07 Å². The molecule has 0 bridgehead atoms. The molecule has 0 saturated heterocycles.